The van der Waals surface area contributed by atoms with Crippen LogP contribution in [0.4, 0.5) is 5.69 Å². The van der Waals surface area contributed by atoms with Gasteiger partial charge in [-0.3, -0.25) is 4.79 Å². The SMILES string of the molecule is CN(C)Cc1cccc(NC(=O)CSC(C)(C)C)c1. The molecule has 0 aliphatic rings. The van der Waals surface area contributed by atoms with Gasteiger partial charge in [-0.25, -0.2) is 0 Å². The van der Waals surface area contributed by atoms with Crippen LogP contribution >= 0.6 is 11.8 Å². The molecule has 0 fully saturated rings. The highest BCUT2D eigenvalue weighted by Crippen LogP contribution is 2.23. The topological polar surface area (TPSA) is 32.3 Å². The molecular weight excluding hydrogens is 256 g/mol. The van der Waals surface area contributed by atoms with E-state index >= 15 is 0 Å². The number of hydrogen-bond acceptors (Lipinski definition) is 3. The van der Waals surface area contributed by atoms with Crippen molar-refractivity contribution in [2.24, 2.45) is 0 Å². The highest BCUT2D eigenvalue weighted by molar-refractivity contribution is 8.01. The van der Waals surface area contributed by atoms with E-state index in [0.717, 1.165) is 12.2 Å². The molecule has 0 spiro atoms. The molecule has 3 nitrogen and oxygen atoms in total. The van der Waals surface area contributed by atoms with E-state index in [2.05, 4.69) is 37.1 Å². The Kier molecular flexibility index (Phi) is 5.88. The lowest BCUT2D eigenvalue weighted by atomic mass is 10.2. The van der Waals surface area contributed by atoms with Crippen molar-refractivity contribution in [2.75, 3.05) is 25.2 Å². The lowest BCUT2D eigenvalue weighted by molar-refractivity contribution is -0.113. The molecule has 19 heavy (non-hydrogen) atoms. The second kappa shape index (κ2) is 6.96. The third-order valence-corrected chi connectivity index (χ3v) is 3.62. The van der Waals surface area contributed by atoms with Crippen molar-refractivity contribution < 1.29 is 4.79 Å². The summed E-state index contributed by atoms with van der Waals surface area (Å²) in [7, 11) is 4.07. The van der Waals surface area contributed by atoms with Crippen molar-refractivity contribution in [3.63, 3.8) is 0 Å². The van der Waals surface area contributed by atoms with Gasteiger partial charge in [0, 0.05) is 17.0 Å². The zero-order valence-electron chi connectivity index (χ0n) is 12.5. The molecule has 0 bridgehead atoms. The van der Waals surface area contributed by atoms with Crippen molar-refractivity contribution in [1.82, 2.24) is 4.90 Å². The molecule has 1 aromatic carbocycles. The summed E-state index contributed by atoms with van der Waals surface area (Å²) in [5.41, 5.74) is 2.07. The van der Waals surface area contributed by atoms with Crippen LogP contribution in [0.5, 0.6) is 0 Å². The lowest BCUT2D eigenvalue weighted by Gasteiger charge is -2.17. The molecule has 0 saturated carbocycles. The number of amides is 1. The number of nitrogens with zero attached hydrogens (tertiary/aromatic N) is 1. The van der Waals surface area contributed by atoms with Crippen LogP contribution in [0.1, 0.15) is 26.3 Å². The third kappa shape index (κ3) is 7.23. The minimum absolute atomic E-state index is 0.0573. The fraction of sp³-hybridized carbons (Fsp3) is 0.533. The number of carbonyl (C=O) groups is 1. The molecule has 0 atom stereocenters. The number of nitrogens with one attached hydrogen (secondary N) is 1. The first kappa shape index (κ1) is 16.1. The average molecular weight is 280 g/mol. The van der Waals surface area contributed by atoms with Crippen LogP contribution in [0.15, 0.2) is 24.3 Å². The van der Waals surface area contributed by atoms with Gasteiger partial charge in [0.15, 0.2) is 0 Å². The van der Waals surface area contributed by atoms with Gasteiger partial charge in [-0.1, -0.05) is 32.9 Å². The molecule has 1 aromatic rings. The quantitative estimate of drug-likeness (QED) is 0.899. The highest BCUT2D eigenvalue weighted by Gasteiger charge is 2.13. The Morgan fingerprint density at radius 2 is 2.00 bits per heavy atom. The molecule has 1 rings (SSSR count). The standard InChI is InChI=1S/C15H24N2OS/c1-15(2,3)19-11-14(18)16-13-8-6-7-12(9-13)10-17(4)5/h6-9H,10-11H2,1-5H3,(H,16,18). The molecule has 0 aliphatic carbocycles. The first-order chi connectivity index (χ1) is 8.76. The third-order valence-electron chi connectivity index (χ3n) is 2.35. The maximum absolute atomic E-state index is 11.9. The van der Waals surface area contributed by atoms with E-state index in [0.29, 0.717) is 5.75 Å². The summed E-state index contributed by atoms with van der Waals surface area (Å²) in [6, 6.07) is 8.00. The minimum Gasteiger partial charge on any atom is -0.325 e. The highest BCUT2D eigenvalue weighted by atomic mass is 32.2. The number of hydrogen-bond donors (Lipinski definition) is 1. The van der Waals surface area contributed by atoms with Gasteiger partial charge in [0.1, 0.15) is 0 Å². The van der Waals surface area contributed by atoms with Gasteiger partial charge in [0.05, 0.1) is 5.75 Å². The van der Waals surface area contributed by atoms with Gasteiger partial charge in [0.25, 0.3) is 0 Å². The van der Waals surface area contributed by atoms with Gasteiger partial charge in [-0.2, -0.15) is 0 Å². The maximum atomic E-state index is 11.9. The fourth-order valence-electron chi connectivity index (χ4n) is 1.59. The molecule has 0 saturated heterocycles. The Balaban J connectivity index is 2.54. The zero-order chi connectivity index (χ0) is 14.5. The van der Waals surface area contributed by atoms with Crippen molar-refractivity contribution in [1.29, 1.82) is 0 Å². The number of anilines is 1. The van der Waals surface area contributed by atoms with E-state index in [-0.39, 0.29) is 10.7 Å². The monoisotopic (exact) mass is 280 g/mol. The molecule has 0 radical (unpaired) electrons. The van der Waals surface area contributed by atoms with Crippen molar-refractivity contribution >= 4 is 23.4 Å². The fourth-order valence-corrected chi connectivity index (χ4v) is 2.23. The van der Waals surface area contributed by atoms with Crippen molar-refractivity contribution in [2.45, 2.75) is 32.1 Å². The Labute approximate surface area is 120 Å². The van der Waals surface area contributed by atoms with Crippen LogP contribution in [0.25, 0.3) is 0 Å². The number of carbonyl (C=O) groups excluding carboxylic acids is 1. The van der Waals surface area contributed by atoms with E-state index in [1.54, 1.807) is 11.8 Å². The molecule has 0 heterocycles. The summed E-state index contributed by atoms with van der Waals surface area (Å²) >= 11 is 1.66. The van der Waals surface area contributed by atoms with E-state index < -0.39 is 0 Å². The average Bonchev–Trinajstić information content (AvgIpc) is 2.25. The van der Waals surface area contributed by atoms with Crippen LogP contribution in [0.2, 0.25) is 0 Å². The van der Waals surface area contributed by atoms with Crippen LogP contribution in [0.3, 0.4) is 0 Å². The number of benzene rings is 1. The van der Waals surface area contributed by atoms with Gasteiger partial charge in [0.2, 0.25) is 5.91 Å². The normalized spacial score (nSPS) is 11.7. The van der Waals surface area contributed by atoms with Gasteiger partial charge >= 0.3 is 0 Å². The summed E-state index contributed by atoms with van der Waals surface area (Å²) in [5.74, 6) is 0.545. The van der Waals surface area contributed by atoms with E-state index in [1.807, 2.05) is 32.3 Å². The summed E-state index contributed by atoms with van der Waals surface area (Å²) in [4.78, 5) is 14.0. The molecule has 0 aliphatic heterocycles. The van der Waals surface area contributed by atoms with Crippen LogP contribution in [-0.2, 0) is 11.3 Å². The van der Waals surface area contributed by atoms with Gasteiger partial charge in [-0.15, -0.1) is 11.8 Å². The number of thioether (sulfide) groups is 1. The predicted molar refractivity (Wildman–Crippen MR) is 84.7 cm³/mol. The first-order valence-electron chi connectivity index (χ1n) is 6.44. The Morgan fingerprint density at radius 1 is 1.32 bits per heavy atom. The van der Waals surface area contributed by atoms with E-state index in [4.69, 9.17) is 0 Å². The zero-order valence-corrected chi connectivity index (χ0v) is 13.3. The first-order valence-corrected chi connectivity index (χ1v) is 7.42. The molecule has 4 heteroatoms. The Morgan fingerprint density at radius 3 is 2.58 bits per heavy atom. The van der Waals surface area contributed by atoms with Crippen molar-refractivity contribution in [3.05, 3.63) is 29.8 Å². The van der Waals surface area contributed by atoms with Gasteiger partial charge < -0.3 is 10.2 Å². The maximum Gasteiger partial charge on any atom is 0.234 e. The summed E-state index contributed by atoms with van der Waals surface area (Å²) in [6.07, 6.45) is 0. The molecule has 0 unspecified atom stereocenters. The molecular formula is C15H24N2OS. The van der Waals surface area contributed by atoms with Crippen LogP contribution in [0, 0.1) is 0 Å². The minimum atomic E-state index is 0.0573. The Bertz CT molecular complexity index is 424. The van der Waals surface area contributed by atoms with E-state index in [9.17, 15) is 4.79 Å². The largest absolute Gasteiger partial charge is 0.325 e. The van der Waals surface area contributed by atoms with Crippen LogP contribution < -0.4 is 5.32 Å². The molecule has 0 aromatic heterocycles. The summed E-state index contributed by atoms with van der Waals surface area (Å²) < 4.78 is 0.115. The van der Waals surface area contributed by atoms with Crippen LogP contribution in [-0.4, -0.2) is 35.4 Å². The smallest absolute Gasteiger partial charge is 0.234 e. The molecule has 1 N–H and O–H groups in total. The van der Waals surface area contributed by atoms with Gasteiger partial charge in [-0.05, 0) is 31.8 Å². The second-order valence-electron chi connectivity index (χ2n) is 5.89. The summed E-state index contributed by atoms with van der Waals surface area (Å²) in [6.45, 7) is 7.22. The summed E-state index contributed by atoms with van der Waals surface area (Å²) in [5, 5.41) is 2.95. The van der Waals surface area contributed by atoms with Crippen molar-refractivity contribution in [3.8, 4) is 0 Å². The van der Waals surface area contributed by atoms with E-state index in [1.165, 1.54) is 5.56 Å². The molecule has 106 valence electrons. The Hall–Kier alpha value is -1.00. The second-order valence-corrected chi connectivity index (χ2v) is 7.69. The lowest BCUT2D eigenvalue weighted by Crippen LogP contribution is -2.19. The predicted octanol–water partition coefficient (Wildman–Crippen LogP) is 3.22. The molecule has 1 amide bonds. The number of rotatable bonds is 5.